The van der Waals surface area contributed by atoms with Gasteiger partial charge in [-0.2, -0.15) is 0 Å². The lowest BCUT2D eigenvalue weighted by Crippen LogP contribution is -2.57. The maximum atomic E-state index is 12.9. The molecule has 2 aliphatic rings. The summed E-state index contributed by atoms with van der Waals surface area (Å²) in [7, 11) is 1.97. The Hall–Kier alpha value is -1.99. The molecular formula is C15H19N3O4. The second-order valence-corrected chi connectivity index (χ2v) is 6.10. The average Bonchev–Trinajstić information content (AvgIpc) is 2.81. The number of hydrogen-bond acceptors (Lipinski definition) is 5. The van der Waals surface area contributed by atoms with Crippen LogP contribution in [0.4, 0.5) is 11.4 Å². The Bertz CT molecular complexity index is 621. The Morgan fingerprint density at radius 3 is 2.95 bits per heavy atom. The van der Waals surface area contributed by atoms with Crippen molar-refractivity contribution in [3.05, 3.63) is 34.4 Å². The summed E-state index contributed by atoms with van der Waals surface area (Å²) in [5, 5.41) is 10.9. The van der Waals surface area contributed by atoms with Gasteiger partial charge in [0.05, 0.1) is 10.6 Å². The van der Waals surface area contributed by atoms with Crippen LogP contribution < -0.4 is 4.90 Å². The second kappa shape index (κ2) is 5.33. The van der Waals surface area contributed by atoms with Crippen molar-refractivity contribution in [2.24, 2.45) is 5.92 Å². The van der Waals surface area contributed by atoms with E-state index in [0.29, 0.717) is 12.2 Å². The summed E-state index contributed by atoms with van der Waals surface area (Å²) < 4.78 is 5.91. The van der Waals surface area contributed by atoms with E-state index in [0.717, 1.165) is 13.0 Å². The number of likely N-dealkylation sites (N-methyl/N-ethyl adjacent to an activating group) is 1. The predicted molar refractivity (Wildman–Crippen MR) is 80.5 cm³/mol. The third-order valence-electron chi connectivity index (χ3n) is 4.66. The molecule has 0 bridgehead atoms. The molecule has 0 aliphatic carbocycles. The number of nitrogens with zero attached hydrogens (tertiary/aromatic N) is 3. The van der Waals surface area contributed by atoms with Crippen LogP contribution >= 0.6 is 0 Å². The largest absolute Gasteiger partial charge is 0.343 e. The van der Waals surface area contributed by atoms with Crippen molar-refractivity contribution in [3.8, 4) is 0 Å². The lowest BCUT2D eigenvalue weighted by Gasteiger charge is -2.40. The number of non-ortho nitro benzene ring substituents is 1. The number of ether oxygens (including phenoxy) is 1. The molecule has 0 saturated carbocycles. The Morgan fingerprint density at radius 1 is 1.45 bits per heavy atom. The molecule has 22 heavy (non-hydrogen) atoms. The topological polar surface area (TPSA) is 75.9 Å². The van der Waals surface area contributed by atoms with Crippen LogP contribution in [0.15, 0.2) is 24.3 Å². The van der Waals surface area contributed by atoms with Crippen LogP contribution in [0.25, 0.3) is 0 Å². The number of anilines is 1. The number of benzene rings is 1. The van der Waals surface area contributed by atoms with E-state index >= 15 is 0 Å². The van der Waals surface area contributed by atoms with Crippen LogP contribution in [0.5, 0.6) is 0 Å². The SMILES string of the molecule is CC1CCN(C)CC12OCN(c1cccc([N+](=O)[O-])c1)C2=O. The molecule has 1 spiro atoms. The molecule has 2 unspecified atom stereocenters. The van der Waals surface area contributed by atoms with Crippen LogP contribution in [-0.2, 0) is 9.53 Å². The summed E-state index contributed by atoms with van der Waals surface area (Å²) in [5.74, 6) is 0.0203. The number of likely N-dealkylation sites (tertiary alicyclic amines) is 1. The van der Waals surface area contributed by atoms with Crippen molar-refractivity contribution in [2.75, 3.05) is 31.8 Å². The van der Waals surface area contributed by atoms with Crippen LogP contribution in [0.3, 0.4) is 0 Å². The molecule has 0 aromatic heterocycles. The Labute approximate surface area is 128 Å². The summed E-state index contributed by atoms with van der Waals surface area (Å²) >= 11 is 0. The fraction of sp³-hybridized carbons (Fsp3) is 0.533. The minimum Gasteiger partial charge on any atom is -0.343 e. The fourth-order valence-electron chi connectivity index (χ4n) is 3.24. The van der Waals surface area contributed by atoms with E-state index in [1.54, 1.807) is 12.1 Å². The lowest BCUT2D eigenvalue weighted by atomic mass is 9.82. The van der Waals surface area contributed by atoms with E-state index in [2.05, 4.69) is 4.90 Å². The molecule has 7 nitrogen and oxygen atoms in total. The van der Waals surface area contributed by atoms with Gasteiger partial charge >= 0.3 is 0 Å². The molecule has 2 aliphatic heterocycles. The average molecular weight is 305 g/mol. The third kappa shape index (κ3) is 2.26. The summed E-state index contributed by atoms with van der Waals surface area (Å²) in [4.78, 5) is 27.0. The first-order chi connectivity index (χ1) is 10.4. The highest BCUT2D eigenvalue weighted by atomic mass is 16.6. The zero-order valence-electron chi connectivity index (χ0n) is 12.7. The fourth-order valence-corrected chi connectivity index (χ4v) is 3.24. The van der Waals surface area contributed by atoms with Crippen molar-refractivity contribution in [2.45, 2.75) is 18.9 Å². The van der Waals surface area contributed by atoms with Gasteiger partial charge < -0.3 is 9.64 Å². The summed E-state index contributed by atoms with van der Waals surface area (Å²) in [6.07, 6.45) is 0.894. The van der Waals surface area contributed by atoms with Crippen LogP contribution in [-0.4, -0.2) is 48.2 Å². The minimum atomic E-state index is -0.836. The van der Waals surface area contributed by atoms with Gasteiger partial charge in [-0.3, -0.25) is 19.8 Å². The summed E-state index contributed by atoms with van der Waals surface area (Å²) in [6.45, 7) is 3.66. The molecule has 2 saturated heterocycles. The summed E-state index contributed by atoms with van der Waals surface area (Å²) in [5.41, 5.74) is -0.353. The van der Waals surface area contributed by atoms with Crippen molar-refractivity contribution in [1.82, 2.24) is 4.90 Å². The van der Waals surface area contributed by atoms with E-state index in [1.165, 1.54) is 17.0 Å². The number of carbonyl (C=O) groups is 1. The van der Waals surface area contributed by atoms with Gasteiger partial charge in [0.15, 0.2) is 5.60 Å². The molecule has 1 aromatic carbocycles. The van der Waals surface area contributed by atoms with Crippen molar-refractivity contribution >= 4 is 17.3 Å². The highest BCUT2D eigenvalue weighted by Gasteiger charge is 2.54. The maximum Gasteiger partial charge on any atom is 0.271 e. The minimum absolute atomic E-state index is 0.0277. The van der Waals surface area contributed by atoms with E-state index in [1.807, 2.05) is 14.0 Å². The first kappa shape index (κ1) is 14.9. The maximum absolute atomic E-state index is 12.9. The molecule has 2 atom stereocenters. The normalized spacial score (nSPS) is 29.3. The zero-order valence-corrected chi connectivity index (χ0v) is 12.7. The van der Waals surface area contributed by atoms with E-state index in [-0.39, 0.29) is 24.2 Å². The molecule has 0 radical (unpaired) electrons. The second-order valence-electron chi connectivity index (χ2n) is 6.10. The quantitative estimate of drug-likeness (QED) is 0.613. The molecular weight excluding hydrogens is 286 g/mol. The number of carbonyl (C=O) groups excluding carboxylic acids is 1. The Kier molecular flexibility index (Phi) is 3.62. The number of hydrogen-bond donors (Lipinski definition) is 0. The van der Waals surface area contributed by atoms with E-state index < -0.39 is 10.5 Å². The third-order valence-corrected chi connectivity index (χ3v) is 4.66. The van der Waals surface area contributed by atoms with Crippen LogP contribution in [0, 0.1) is 16.0 Å². The molecule has 0 N–H and O–H groups in total. The van der Waals surface area contributed by atoms with Crippen molar-refractivity contribution < 1.29 is 14.5 Å². The Morgan fingerprint density at radius 2 is 2.23 bits per heavy atom. The number of nitro groups is 1. The Balaban J connectivity index is 1.90. The molecule has 118 valence electrons. The van der Waals surface area contributed by atoms with Gasteiger partial charge in [0.25, 0.3) is 11.6 Å². The smallest absolute Gasteiger partial charge is 0.271 e. The lowest BCUT2D eigenvalue weighted by molar-refractivity contribution is -0.384. The molecule has 2 fully saturated rings. The van der Waals surface area contributed by atoms with Gasteiger partial charge in [0.1, 0.15) is 6.73 Å². The van der Waals surface area contributed by atoms with Gasteiger partial charge in [-0.05, 0) is 32.0 Å². The van der Waals surface area contributed by atoms with Crippen molar-refractivity contribution in [1.29, 1.82) is 0 Å². The highest BCUT2D eigenvalue weighted by Crippen LogP contribution is 2.38. The van der Waals surface area contributed by atoms with E-state index in [4.69, 9.17) is 4.74 Å². The van der Waals surface area contributed by atoms with Crippen molar-refractivity contribution in [3.63, 3.8) is 0 Å². The number of amides is 1. The van der Waals surface area contributed by atoms with E-state index in [9.17, 15) is 14.9 Å². The number of nitro benzene ring substituents is 1. The number of piperidine rings is 1. The van der Waals surface area contributed by atoms with Crippen LogP contribution in [0.2, 0.25) is 0 Å². The van der Waals surface area contributed by atoms with Gasteiger partial charge in [-0.25, -0.2) is 0 Å². The standard InChI is InChI=1S/C15H19N3O4/c1-11-6-7-16(2)9-15(11)14(19)17(10-22-15)12-4-3-5-13(8-12)18(20)21/h3-5,8,11H,6-7,9-10H2,1-2H3. The molecule has 1 aromatic rings. The first-order valence-electron chi connectivity index (χ1n) is 7.33. The van der Waals surface area contributed by atoms with Gasteiger partial charge in [0, 0.05) is 18.7 Å². The van der Waals surface area contributed by atoms with Gasteiger partial charge in [0.2, 0.25) is 0 Å². The molecule has 1 amide bonds. The summed E-state index contributed by atoms with van der Waals surface area (Å²) in [6, 6.07) is 6.11. The zero-order chi connectivity index (χ0) is 15.9. The van der Waals surface area contributed by atoms with Gasteiger partial charge in [-0.1, -0.05) is 13.0 Å². The predicted octanol–water partition coefficient (Wildman–Crippen LogP) is 1.63. The first-order valence-corrected chi connectivity index (χ1v) is 7.33. The highest BCUT2D eigenvalue weighted by molar-refractivity contribution is 6.01. The van der Waals surface area contributed by atoms with Gasteiger partial charge in [-0.15, -0.1) is 0 Å². The number of rotatable bonds is 2. The monoisotopic (exact) mass is 305 g/mol. The molecule has 2 heterocycles. The van der Waals surface area contributed by atoms with Crippen LogP contribution in [0.1, 0.15) is 13.3 Å². The molecule has 3 rings (SSSR count). The molecule has 7 heteroatoms.